The number of amides is 2. The summed E-state index contributed by atoms with van der Waals surface area (Å²) < 4.78 is 0. The zero-order valence-electron chi connectivity index (χ0n) is 12.1. The van der Waals surface area contributed by atoms with Crippen molar-refractivity contribution < 1.29 is 14.7 Å². The van der Waals surface area contributed by atoms with E-state index in [0.717, 1.165) is 17.7 Å². The van der Waals surface area contributed by atoms with Crippen LogP contribution >= 0.6 is 0 Å². The average Bonchev–Trinajstić information content (AvgIpc) is 2.48. The Balaban J connectivity index is 1.79. The first kappa shape index (κ1) is 15.5. The molecule has 114 valence electrons. The molecule has 0 aromatic heterocycles. The second kappa shape index (κ2) is 7.19. The molecule has 1 aromatic carbocycles. The first-order valence-electron chi connectivity index (χ1n) is 7.08. The van der Waals surface area contributed by atoms with Gasteiger partial charge in [-0.25, -0.2) is 0 Å². The molecule has 2 rings (SSSR count). The summed E-state index contributed by atoms with van der Waals surface area (Å²) in [6.45, 7) is 3.82. The molecule has 1 aliphatic heterocycles. The lowest BCUT2D eigenvalue weighted by atomic mass is 10.1. The number of nitrogens with zero attached hydrogens (tertiary/aromatic N) is 1. The summed E-state index contributed by atoms with van der Waals surface area (Å²) in [6, 6.07) is 7.43. The maximum atomic E-state index is 11.8. The van der Waals surface area contributed by atoms with Gasteiger partial charge in [-0.05, 0) is 18.1 Å². The number of rotatable bonds is 5. The minimum Gasteiger partial charge on any atom is -0.389 e. The van der Waals surface area contributed by atoms with Crippen LogP contribution in [0.3, 0.4) is 0 Å². The van der Waals surface area contributed by atoms with Crippen molar-refractivity contribution in [3.05, 3.63) is 35.4 Å². The van der Waals surface area contributed by atoms with Crippen LogP contribution in [0.15, 0.2) is 24.3 Å². The molecule has 6 nitrogen and oxygen atoms in total. The van der Waals surface area contributed by atoms with Crippen LogP contribution < -0.4 is 10.6 Å². The van der Waals surface area contributed by atoms with E-state index in [0.29, 0.717) is 19.6 Å². The summed E-state index contributed by atoms with van der Waals surface area (Å²) in [5.41, 5.74) is 1.80. The van der Waals surface area contributed by atoms with Crippen LogP contribution in [-0.4, -0.2) is 48.0 Å². The van der Waals surface area contributed by atoms with Gasteiger partial charge >= 0.3 is 0 Å². The van der Waals surface area contributed by atoms with Crippen molar-refractivity contribution in [3.8, 4) is 0 Å². The molecule has 0 bridgehead atoms. The summed E-state index contributed by atoms with van der Waals surface area (Å²) in [5.74, 6) is -0.206. The molecule has 2 amide bonds. The normalized spacial score (nSPS) is 16.7. The van der Waals surface area contributed by atoms with Crippen LogP contribution in [0.1, 0.15) is 24.2 Å². The fraction of sp³-hybridized carbons (Fsp3) is 0.467. The largest absolute Gasteiger partial charge is 0.389 e. The van der Waals surface area contributed by atoms with Crippen molar-refractivity contribution in [2.75, 3.05) is 26.2 Å². The van der Waals surface area contributed by atoms with Crippen molar-refractivity contribution in [1.29, 1.82) is 0 Å². The Labute approximate surface area is 124 Å². The number of piperazine rings is 1. The minimum absolute atomic E-state index is 0.0438. The Morgan fingerprint density at radius 2 is 2.14 bits per heavy atom. The third kappa shape index (κ3) is 4.54. The van der Waals surface area contributed by atoms with E-state index in [1.807, 2.05) is 24.3 Å². The van der Waals surface area contributed by atoms with E-state index < -0.39 is 6.10 Å². The summed E-state index contributed by atoms with van der Waals surface area (Å²) in [6.07, 6.45) is -0.493. The van der Waals surface area contributed by atoms with E-state index in [-0.39, 0.29) is 18.4 Å². The summed E-state index contributed by atoms with van der Waals surface area (Å²) in [7, 11) is 0. The van der Waals surface area contributed by atoms with Crippen molar-refractivity contribution >= 4 is 11.8 Å². The Morgan fingerprint density at radius 3 is 2.76 bits per heavy atom. The molecule has 1 fully saturated rings. The van der Waals surface area contributed by atoms with Crippen molar-refractivity contribution in [2.24, 2.45) is 0 Å². The van der Waals surface area contributed by atoms with E-state index in [2.05, 4.69) is 10.6 Å². The minimum atomic E-state index is -0.493. The second-order valence-electron chi connectivity index (χ2n) is 5.19. The molecular weight excluding hydrogens is 270 g/mol. The van der Waals surface area contributed by atoms with Gasteiger partial charge in [0.1, 0.15) is 0 Å². The topological polar surface area (TPSA) is 81.7 Å². The molecule has 1 saturated heterocycles. The zero-order chi connectivity index (χ0) is 15.2. The fourth-order valence-corrected chi connectivity index (χ4v) is 2.16. The molecule has 6 heteroatoms. The first-order chi connectivity index (χ1) is 10.1. The monoisotopic (exact) mass is 291 g/mol. The zero-order valence-corrected chi connectivity index (χ0v) is 12.1. The van der Waals surface area contributed by atoms with Crippen LogP contribution in [0.5, 0.6) is 0 Å². The van der Waals surface area contributed by atoms with E-state index in [1.165, 1.54) is 0 Å². The highest BCUT2D eigenvalue weighted by Gasteiger charge is 2.19. The van der Waals surface area contributed by atoms with Crippen molar-refractivity contribution in [3.63, 3.8) is 0 Å². The number of nitrogens with one attached hydrogen (secondary N) is 2. The molecule has 1 aliphatic rings. The Hall–Kier alpha value is -1.92. The number of carbonyl (C=O) groups is 2. The van der Waals surface area contributed by atoms with Crippen molar-refractivity contribution in [2.45, 2.75) is 19.6 Å². The molecule has 0 saturated carbocycles. The molecule has 0 unspecified atom stereocenters. The van der Waals surface area contributed by atoms with Crippen LogP contribution in [0, 0.1) is 0 Å². The van der Waals surface area contributed by atoms with Gasteiger partial charge in [-0.15, -0.1) is 0 Å². The second-order valence-corrected chi connectivity index (χ2v) is 5.19. The Kier molecular flexibility index (Phi) is 5.30. The quantitative estimate of drug-likeness (QED) is 0.701. The van der Waals surface area contributed by atoms with E-state index in [1.54, 1.807) is 11.8 Å². The van der Waals surface area contributed by atoms with Crippen LogP contribution in [0.4, 0.5) is 0 Å². The predicted octanol–water partition coefficient (Wildman–Crippen LogP) is -0.212. The number of hydrogen-bond acceptors (Lipinski definition) is 4. The van der Waals surface area contributed by atoms with Gasteiger partial charge in [-0.3, -0.25) is 9.59 Å². The van der Waals surface area contributed by atoms with Gasteiger partial charge in [-0.2, -0.15) is 0 Å². The number of aliphatic hydroxyl groups is 1. The van der Waals surface area contributed by atoms with Crippen LogP contribution in [0.25, 0.3) is 0 Å². The lowest BCUT2D eigenvalue weighted by molar-refractivity contribution is -0.136. The van der Waals surface area contributed by atoms with Gasteiger partial charge < -0.3 is 20.6 Å². The molecule has 0 aliphatic carbocycles. The Morgan fingerprint density at radius 1 is 1.43 bits per heavy atom. The lowest BCUT2D eigenvalue weighted by Gasteiger charge is -2.26. The van der Waals surface area contributed by atoms with Crippen LogP contribution in [0.2, 0.25) is 0 Å². The fourth-order valence-electron chi connectivity index (χ4n) is 2.16. The molecule has 1 heterocycles. The molecule has 21 heavy (non-hydrogen) atoms. The maximum Gasteiger partial charge on any atom is 0.239 e. The number of hydrogen-bond donors (Lipinski definition) is 3. The number of aliphatic hydroxyl groups excluding tert-OH is 1. The highest BCUT2D eigenvalue weighted by Crippen LogP contribution is 2.12. The lowest BCUT2D eigenvalue weighted by Crippen LogP contribution is -2.51. The summed E-state index contributed by atoms with van der Waals surface area (Å²) in [4.78, 5) is 25.0. The van der Waals surface area contributed by atoms with Gasteiger partial charge in [0.2, 0.25) is 11.8 Å². The van der Waals surface area contributed by atoms with E-state index >= 15 is 0 Å². The van der Waals surface area contributed by atoms with Gasteiger partial charge in [0.15, 0.2) is 0 Å². The summed E-state index contributed by atoms with van der Waals surface area (Å²) in [5, 5.41) is 15.2. The summed E-state index contributed by atoms with van der Waals surface area (Å²) >= 11 is 0. The molecule has 1 atom stereocenters. The predicted molar refractivity (Wildman–Crippen MR) is 78.4 cm³/mol. The van der Waals surface area contributed by atoms with Gasteiger partial charge in [0.25, 0.3) is 0 Å². The smallest absolute Gasteiger partial charge is 0.239 e. The SMILES string of the molecule is C[C@@H](O)c1ccc(CNC(=O)CN2CCNCC2=O)cc1. The van der Waals surface area contributed by atoms with Crippen LogP contribution in [-0.2, 0) is 16.1 Å². The highest BCUT2D eigenvalue weighted by atomic mass is 16.3. The van der Waals surface area contributed by atoms with E-state index in [9.17, 15) is 14.7 Å². The third-order valence-corrected chi connectivity index (χ3v) is 3.47. The third-order valence-electron chi connectivity index (χ3n) is 3.47. The highest BCUT2D eigenvalue weighted by molar-refractivity contribution is 5.86. The molecular formula is C15H21N3O3. The van der Waals surface area contributed by atoms with Gasteiger partial charge in [0.05, 0.1) is 19.2 Å². The molecule has 0 radical (unpaired) electrons. The van der Waals surface area contributed by atoms with E-state index in [4.69, 9.17) is 0 Å². The molecule has 1 aromatic rings. The standard InChI is InChI=1S/C15H21N3O3/c1-11(19)13-4-2-12(3-5-13)8-17-14(20)10-18-7-6-16-9-15(18)21/h2-5,11,16,19H,6-10H2,1H3,(H,17,20)/t11-/m1/s1. The first-order valence-corrected chi connectivity index (χ1v) is 7.08. The van der Waals surface area contributed by atoms with Gasteiger partial charge in [-0.1, -0.05) is 24.3 Å². The maximum absolute atomic E-state index is 11.8. The number of benzene rings is 1. The average molecular weight is 291 g/mol. The van der Waals surface area contributed by atoms with Crippen molar-refractivity contribution in [1.82, 2.24) is 15.5 Å². The molecule has 3 N–H and O–H groups in total. The number of carbonyl (C=O) groups excluding carboxylic acids is 2. The van der Waals surface area contributed by atoms with Gasteiger partial charge in [0, 0.05) is 19.6 Å². The Bertz CT molecular complexity index is 499. The molecule has 0 spiro atoms.